The maximum atomic E-state index is 2.49. The first-order chi connectivity index (χ1) is 26.8. The summed E-state index contributed by atoms with van der Waals surface area (Å²) in [6.07, 6.45) is 0. The van der Waals surface area contributed by atoms with Crippen molar-refractivity contribution < 1.29 is 0 Å². The van der Waals surface area contributed by atoms with E-state index >= 15 is 0 Å². The number of hydrogen-bond donors (Lipinski definition) is 0. The van der Waals surface area contributed by atoms with Crippen LogP contribution in [0.2, 0.25) is 0 Å². The molecule has 11 rings (SSSR count). The van der Waals surface area contributed by atoms with Crippen molar-refractivity contribution in [1.82, 2.24) is 0 Å². The monoisotopic (exact) mass is 685 g/mol. The van der Waals surface area contributed by atoms with Crippen LogP contribution in [0.4, 0.5) is 17.1 Å². The third-order valence-corrected chi connectivity index (χ3v) is 11.7. The highest BCUT2D eigenvalue weighted by Crippen LogP contribution is 2.64. The fourth-order valence-corrected chi connectivity index (χ4v) is 9.36. The summed E-state index contributed by atoms with van der Waals surface area (Å²) in [5.74, 6) is 0. The average molecular weight is 686 g/mol. The van der Waals surface area contributed by atoms with Gasteiger partial charge in [-0.3, -0.25) is 0 Å². The Balaban J connectivity index is 1.16. The van der Waals surface area contributed by atoms with Crippen LogP contribution in [-0.4, -0.2) is 0 Å². The smallest absolute Gasteiger partial charge is 0.0732 e. The molecule has 0 N–H and O–H groups in total. The highest BCUT2D eigenvalue weighted by Gasteiger charge is 2.52. The van der Waals surface area contributed by atoms with E-state index < -0.39 is 5.41 Å². The minimum absolute atomic E-state index is 0.464. The summed E-state index contributed by atoms with van der Waals surface area (Å²) in [6.45, 7) is 0. The van der Waals surface area contributed by atoms with E-state index in [-0.39, 0.29) is 0 Å². The number of rotatable bonds is 5. The van der Waals surface area contributed by atoms with Crippen molar-refractivity contribution in [3.05, 3.63) is 235 Å². The van der Waals surface area contributed by atoms with Gasteiger partial charge < -0.3 is 4.90 Å². The Bertz CT molecular complexity index is 2760. The van der Waals surface area contributed by atoms with E-state index in [1.165, 1.54) is 77.5 Å². The van der Waals surface area contributed by atoms with Crippen LogP contribution >= 0.6 is 0 Å². The van der Waals surface area contributed by atoms with Crippen LogP contribution in [0.3, 0.4) is 0 Å². The lowest BCUT2D eigenvalue weighted by Crippen LogP contribution is -2.26. The minimum Gasteiger partial charge on any atom is -0.310 e. The summed E-state index contributed by atoms with van der Waals surface area (Å²) in [5, 5.41) is 2.58. The van der Waals surface area contributed by atoms with Gasteiger partial charge in [-0.15, -0.1) is 0 Å². The Labute approximate surface area is 316 Å². The lowest BCUT2D eigenvalue weighted by atomic mass is 9.69. The summed E-state index contributed by atoms with van der Waals surface area (Å²) in [5.41, 5.74) is 18.4. The van der Waals surface area contributed by atoms with Crippen molar-refractivity contribution >= 4 is 27.8 Å². The van der Waals surface area contributed by atoms with Gasteiger partial charge in [0.2, 0.25) is 0 Å². The van der Waals surface area contributed by atoms with E-state index in [9.17, 15) is 0 Å². The third kappa shape index (κ3) is 4.45. The number of hydrogen-bond acceptors (Lipinski definition) is 1. The normalized spacial score (nSPS) is 14.7. The fourth-order valence-electron chi connectivity index (χ4n) is 9.36. The van der Waals surface area contributed by atoms with Gasteiger partial charge in [0.1, 0.15) is 0 Å². The second-order valence-corrected chi connectivity index (χ2v) is 14.4. The van der Waals surface area contributed by atoms with Gasteiger partial charge in [-0.25, -0.2) is 0 Å². The van der Waals surface area contributed by atoms with Crippen molar-refractivity contribution in [2.24, 2.45) is 0 Å². The molecule has 54 heavy (non-hydrogen) atoms. The molecular weight excluding hydrogens is 651 g/mol. The predicted octanol–water partition coefficient (Wildman–Crippen LogP) is 14.0. The Hall–Kier alpha value is -6.96. The highest BCUT2D eigenvalue weighted by molar-refractivity contribution is 6.04. The molecule has 0 radical (unpaired) electrons. The van der Waals surface area contributed by atoms with Crippen LogP contribution in [0.1, 0.15) is 22.3 Å². The van der Waals surface area contributed by atoms with Gasteiger partial charge in [0.05, 0.1) is 5.41 Å². The highest BCUT2D eigenvalue weighted by atomic mass is 15.1. The summed E-state index contributed by atoms with van der Waals surface area (Å²) in [7, 11) is 0. The molecule has 0 saturated carbocycles. The van der Waals surface area contributed by atoms with Crippen LogP contribution in [0.25, 0.3) is 55.3 Å². The maximum Gasteiger partial charge on any atom is 0.0732 e. The molecule has 1 nitrogen and oxygen atoms in total. The number of benzene rings is 9. The summed E-state index contributed by atoms with van der Waals surface area (Å²) in [4.78, 5) is 2.42. The van der Waals surface area contributed by atoms with E-state index in [4.69, 9.17) is 0 Å². The van der Waals surface area contributed by atoms with Crippen molar-refractivity contribution in [3.8, 4) is 44.5 Å². The van der Waals surface area contributed by atoms with Crippen LogP contribution in [-0.2, 0) is 5.41 Å². The molecule has 1 spiro atoms. The molecule has 0 heterocycles. The van der Waals surface area contributed by atoms with Crippen LogP contribution in [0.15, 0.2) is 212 Å². The summed E-state index contributed by atoms with van der Waals surface area (Å²) >= 11 is 0. The fraction of sp³-hybridized carbons (Fsp3) is 0.0189. The van der Waals surface area contributed by atoms with Crippen molar-refractivity contribution in [3.63, 3.8) is 0 Å². The zero-order chi connectivity index (χ0) is 35.6. The molecule has 0 saturated heterocycles. The average Bonchev–Trinajstić information content (AvgIpc) is 3.72. The van der Waals surface area contributed by atoms with Crippen molar-refractivity contribution in [2.45, 2.75) is 5.41 Å². The van der Waals surface area contributed by atoms with Gasteiger partial charge in [-0.1, -0.05) is 176 Å². The first-order valence-corrected chi connectivity index (χ1v) is 18.8. The molecule has 0 aliphatic heterocycles. The van der Waals surface area contributed by atoms with E-state index in [1.54, 1.807) is 0 Å². The Morgan fingerprint density at radius 1 is 0.296 bits per heavy atom. The van der Waals surface area contributed by atoms with E-state index in [2.05, 4.69) is 217 Å². The van der Waals surface area contributed by atoms with Gasteiger partial charge in [0, 0.05) is 17.1 Å². The van der Waals surface area contributed by atoms with E-state index in [0.29, 0.717) is 0 Å². The first-order valence-electron chi connectivity index (χ1n) is 18.8. The molecule has 2 aliphatic carbocycles. The molecule has 0 amide bonds. The molecular formula is C53H35N. The zero-order valence-electron chi connectivity index (χ0n) is 29.7. The van der Waals surface area contributed by atoms with E-state index in [1.807, 2.05) is 0 Å². The van der Waals surface area contributed by atoms with Gasteiger partial charge in [-0.2, -0.15) is 0 Å². The third-order valence-electron chi connectivity index (χ3n) is 11.7. The van der Waals surface area contributed by atoms with Crippen LogP contribution < -0.4 is 4.90 Å². The van der Waals surface area contributed by atoms with Crippen LogP contribution in [0, 0.1) is 0 Å². The largest absolute Gasteiger partial charge is 0.310 e. The SMILES string of the molecule is c1ccc(-c2ccc(N(c3ccc(-c4ccccc4)cc3)c3ccc4c(c3)C3(c5ccccc5-4)c4ccccc4-c4ccc5ccccc5c43)cc2)cc1. The molecule has 1 heteroatoms. The Kier molecular flexibility index (Phi) is 6.84. The number of nitrogens with zero attached hydrogens (tertiary/aromatic N) is 1. The first kappa shape index (κ1) is 30.6. The van der Waals surface area contributed by atoms with Gasteiger partial charge in [0.15, 0.2) is 0 Å². The van der Waals surface area contributed by atoms with Gasteiger partial charge in [0.25, 0.3) is 0 Å². The molecule has 0 aromatic heterocycles. The predicted molar refractivity (Wildman–Crippen MR) is 226 cm³/mol. The van der Waals surface area contributed by atoms with E-state index in [0.717, 1.165) is 17.1 Å². The van der Waals surface area contributed by atoms with Crippen molar-refractivity contribution in [1.29, 1.82) is 0 Å². The molecule has 2 aliphatic rings. The molecule has 0 bridgehead atoms. The Morgan fingerprint density at radius 2 is 0.741 bits per heavy atom. The summed E-state index contributed by atoms with van der Waals surface area (Å²) < 4.78 is 0. The quantitative estimate of drug-likeness (QED) is 0.174. The standard InChI is InChI=1S/C53H35N/c1-3-13-36(14-4-1)38-23-28-41(29-24-38)54(42-30-25-39(26-31-42)37-15-5-2-6-16-37)43-32-34-47-45-19-9-11-21-49(45)53(51(47)35-43)50-22-12-10-20-46(50)48-33-27-40-17-7-8-18-44(40)52(48)53/h1-35H. The maximum absolute atomic E-state index is 2.49. The number of fused-ring (bicyclic) bond motifs is 12. The lowest BCUT2D eigenvalue weighted by Gasteiger charge is -2.33. The van der Waals surface area contributed by atoms with Gasteiger partial charge >= 0.3 is 0 Å². The molecule has 1 unspecified atom stereocenters. The van der Waals surface area contributed by atoms with Crippen molar-refractivity contribution in [2.75, 3.05) is 4.90 Å². The molecule has 9 aromatic carbocycles. The second kappa shape index (κ2) is 12.0. The second-order valence-electron chi connectivity index (χ2n) is 14.4. The minimum atomic E-state index is -0.464. The van der Waals surface area contributed by atoms with Gasteiger partial charge in [-0.05, 0) is 114 Å². The summed E-state index contributed by atoms with van der Waals surface area (Å²) in [6, 6.07) is 78.2. The lowest BCUT2D eigenvalue weighted by molar-refractivity contribution is 0.801. The topological polar surface area (TPSA) is 3.24 Å². The molecule has 0 fully saturated rings. The number of anilines is 3. The molecule has 9 aromatic rings. The zero-order valence-corrected chi connectivity index (χ0v) is 29.7. The molecule has 252 valence electrons. The Morgan fingerprint density at radius 3 is 1.35 bits per heavy atom. The van der Waals surface area contributed by atoms with Crippen LogP contribution in [0.5, 0.6) is 0 Å². The molecule has 1 atom stereocenters.